The van der Waals surface area contributed by atoms with Crippen molar-refractivity contribution in [3.8, 4) is 0 Å². The zero-order chi connectivity index (χ0) is 12.5. The van der Waals surface area contributed by atoms with Gasteiger partial charge in [0.15, 0.2) is 0 Å². The van der Waals surface area contributed by atoms with Crippen molar-refractivity contribution >= 4 is 11.3 Å². The fourth-order valence-corrected chi connectivity index (χ4v) is 3.90. The number of thiazole rings is 1. The first-order chi connectivity index (χ1) is 8.79. The summed E-state index contributed by atoms with van der Waals surface area (Å²) in [5.74, 6) is 0. The molecule has 0 spiro atoms. The molecule has 5 heteroatoms. The molecule has 2 heterocycles. The van der Waals surface area contributed by atoms with Crippen LogP contribution < -0.4 is 0 Å². The van der Waals surface area contributed by atoms with Crippen molar-refractivity contribution in [1.82, 2.24) is 9.88 Å². The lowest BCUT2D eigenvalue weighted by Crippen LogP contribution is -2.51. The van der Waals surface area contributed by atoms with Crippen LogP contribution in [-0.4, -0.2) is 48.4 Å². The number of aromatic nitrogens is 1. The first-order valence-corrected chi connectivity index (χ1v) is 7.45. The second kappa shape index (κ2) is 5.25. The van der Waals surface area contributed by atoms with E-state index in [1.807, 2.05) is 5.51 Å². The Labute approximate surface area is 112 Å². The third-order valence-electron chi connectivity index (χ3n) is 4.14. The summed E-state index contributed by atoms with van der Waals surface area (Å²) in [6, 6.07) is 0.519. The van der Waals surface area contributed by atoms with Crippen LogP contribution in [0.4, 0.5) is 0 Å². The van der Waals surface area contributed by atoms with Crippen molar-refractivity contribution in [3.05, 3.63) is 16.1 Å². The zero-order valence-electron chi connectivity index (χ0n) is 11.0. The fourth-order valence-electron chi connectivity index (χ4n) is 3.10. The maximum Gasteiger partial charge on any atom is 0.0991 e. The average molecular weight is 268 g/mol. The standard InChI is InChI=1S/C13H20N2O2S/c1-9-12(18-8-14-9)7-15-5-6-17-13-10(15)3-4-11(13)16-2/h8,10-11,13H,3-7H2,1-2H3/t10-,11-,13+/m1/s1. The third-order valence-corrected chi connectivity index (χ3v) is 5.06. The predicted molar refractivity (Wildman–Crippen MR) is 70.8 cm³/mol. The average Bonchev–Trinajstić information content (AvgIpc) is 2.97. The lowest BCUT2D eigenvalue weighted by atomic mass is 10.1. The minimum absolute atomic E-state index is 0.261. The van der Waals surface area contributed by atoms with Crippen LogP contribution in [0.3, 0.4) is 0 Å². The number of nitrogens with zero attached hydrogens (tertiary/aromatic N) is 2. The van der Waals surface area contributed by atoms with E-state index in [-0.39, 0.29) is 12.2 Å². The molecule has 1 saturated carbocycles. The highest BCUT2D eigenvalue weighted by molar-refractivity contribution is 7.09. The van der Waals surface area contributed by atoms with E-state index in [1.165, 1.54) is 17.0 Å². The van der Waals surface area contributed by atoms with E-state index in [9.17, 15) is 0 Å². The summed E-state index contributed by atoms with van der Waals surface area (Å²) >= 11 is 1.76. The monoisotopic (exact) mass is 268 g/mol. The maximum absolute atomic E-state index is 5.91. The van der Waals surface area contributed by atoms with Gasteiger partial charge < -0.3 is 9.47 Å². The van der Waals surface area contributed by atoms with Gasteiger partial charge in [0, 0.05) is 31.1 Å². The summed E-state index contributed by atoms with van der Waals surface area (Å²) in [6.07, 6.45) is 2.84. The van der Waals surface area contributed by atoms with E-state index >= 15 is 0 Å². The second-order valence-electron chi connectivity index (χ2n) is 5.09. The molecule has 1 aromatic heterocycles. The van der Waals surface area contributed by atoms with Gasteiger partial charge in [0.1, 0.15) is 0 Å². The maximum atomic E-state index is 5.91. The molecule has 4 nitrogen and oxygen atoms in total. The quantitative estimate of drug-likeness (QED) is 0.837. The summed E-state index contributed by atoms with van der Waals surface area (Å²) in [7, 11) is 1.79. The molecule has 0 radical (unpaired) electrons. The topological polar surface area (TPSA) is 34.6 Å². The summed E-state index contributed by atoms with van der Waals surface area (Å²) in [5.41, 5.74) is 3.11. The van der Waals surface area contributed by atoms with Gasteiger partial charge in [-0.25, -0.2) is 4.98 Å². The van der Waals surface area contributed by atoms with Gasteiger partial charge in [0.05, 0.1) is 30.0 Å². The van der Waals surface area contributed by atoms with Crippen LogP contribution in [0.15, 0.2) is 5.51 Å². The van der Waals surface area contributed by atoms with Crippen molar-refractivity contribution in [2.75, 3.05) is 20.3 Å². The summed E-state index contributed by atoms with van der Waals surface area (Å²) in [5, 5.41) is 0. The Morgan fingerprint density at radius 2 is 2.44 bits per heavy atom. The zero-order valence-corrected chi connectivity index (χ0v) is 11.8. The number of fused-ring (bicyclic) bond motifs is 1. The Hall–Kier alpha value is -0.490. The molecule has 18 heavy (non-hydrogen) atoms. The molecule has 2 aliphatic rings. The summed E-state index contributed by atoms with van der Waals surface area (Å²) < 4.78 is 11.4. The van der Waals surface area contributed by atoms with Crippen molar-refractivity contribution in [3.63, 3.8) is 0 Å². The van der Waals surface area contributed by atoms with Gasteiger partial charge >= 0.3 is 0 Å². The number of hydrogen-bond acceptors (Lipinski definition) is 5. The van der Waals surface area contributed by atoms with E-state index < -0.39 is 0 Å². The number of ether oxygens (including phenoxy) is 2. The van der Waals surface area contributed by atoms with Crippen LogP contribution in [0.25, 0.3) is 0 Å². The number of methoxy groups -OCH3 is 1. The highest BCUT2D eigenvalue weighted by Crippen LogP contribution is 2.33. The summed E-state index contributed by atoms with van der Waals surface area (Å²) in [4.78, 5) is 8.27. The Morgan fingerprint density at radius 3 is 3.17 bits per heavy atom. The molecule has 2 fully saturated rings. The normalized spacial score (nSPS) is 32.7. The molecular weight excluding hydrogens is 248 g/mol. The first-order valence-electron chi connectivity index (χ1n) is 6.57. The molecule has 1 aliphatic heterocycles. The number of hydrogen-bond donors (Lipinski definition) is 0. The molecule has 0 aromatic carbocycles. The Bertz CT molecular complexity index is 409. The van der Waals surface area contributed by atoms with Crippen molar-refractivity contribution in [2.45, 2.75) is 44.6 Å². The molecule has 0 bridgehead atoms. The predicted octanol–water partition coefficient (Wildman–Crippen LogP) is 1.83. The van der Waals surface area contributed by atoms with Gasteiger partial charge in [-0.3, -0.25) is 4.90 Å². The van der Waals surface area contributed by atoms with Crippen LogP contribution in [0.2, 0.25) is 0 Å². The highest BCUT2D eigenvalue weighted by atomic mass is 32.1. The lowest BCUT2D eigenvalue weighted by molar-refractivity contribution is -0.106. The van der Waals surface area contributed by atoms with Crippen LogP contribution in [0.1, 0.15) is 23.4 Å². The SMILES string of the molecule is CO[C@@H]1CC[C@@H]2[C@@H]1OCCN2Cc1scnc1C. The number of morpholine rings is 1. The summed E-state index contributed by atoms with van der Waals surface area (Å²) in [6.45, 7) is 4.95. The van der Waals surface area contributed by atoms with Crippen molar-refractivity contribution < 1.29 is 9.47 Å². The Morgan fingerprint density at radius 1 is 1.56 bits per heavy atom. The van der Waals surface area contributed by atoms with E-state index in [2.05, 4.69) is 16.8 Å². The molecule has 1 saturated heterocycles. The smallest absolute Gasteiger partial charge is 0.0991 e. The van der Waals surface area contributed by atoms with Gasteiger partial charge in [-0.1, -0.05) is 0 Å². The van der Waals surface area contributed by atoms with E-state index in [4.69, 9.17) is 9.47 Å². The molecule has 0 unspecified atom stereocenters. The van der Waals surface area contributed by atoms with Gasteiger partial charge in [-0.05, 0) is 19.8 Å². The molecule has 3 atom stereocenters. The lowest BCUT2D eigenvalue weighted by Gasteiger charge is -2.38. The fraction of sp³-hybridized carbons (Fsp3) is 0.769. The van der Waals surface area contributed by atoms with E-state index in [0.29, 0.717) is 6.04 Å². The Balaban J connectivity index is 1.71. The minimum atomic E-state index is 0.261. The largest absolute Gasteiger partial charge is 0.379 e. The van der Waals surface area contributed by atoms with Crippen LogP contribution in [-0.2, 0) is 16.0 Å². The molecule has 0 N–H and O–H groups in total. The molecule has 100 valence electrons. The van der Waals surface area contributed by atoms with Gasteiger partial charge in [-0.15, -0.1) is 11.3 Å². The molecule has 1 aromatic rings. The van der Waals surface area contributed by atoms with Crippen molar-refractivity contribution in [2.24, 2.45) is 0 Å². The van der Waals surface area contributed by atoms with Gasteiger partial charge in [0.25, 0.3) is 0 Å². The Kier molecular flexibility index (Phi) is 3.66. The number of rotatable bonds is 3. The highest BCUT2D eigenvalue weighted by Gasteiger charge is 2.42. The van der Waals surface area contributed by atoms with E-state index in [1.54, 1.807) is 18.4 Å². The van der Waals surface area contributed by atoms with Crippen molar-refractivity contribution in [1.29, 1.82) is 0 Å². The van der Waals surface area contributed by atoms with Crippen LogP contribution in [0, 0.1) is 6.92 Å². The first kappa shape index (κ1) is 12.5. The van der Waals surface area contributed by atoms with Gasteiger partial charge in [0.2, 0.25) is 0 Å². The second-order valence-corrected chi connectivity index (χ2v) is 6.03. The molecule has 0 amide bonds. The molecule has 3 rings (SSSR count). The van der Waals surface area contributed by atoms with Gasteiger partial charge in [-0.2, -0.15) is 0 Å². The van der Waals surface area contributed by atoms with Crippen LogP contribution in [0.5, 0.6) is 0 Å². The molecule has 1 aliphatic carbocycles. The minimum Gasteiger partial charge on any atom is -0.379 e. The molecular formula is C13H20N2O2S. The van der Waals surface area contributed by atoms with Crippen LogP contribution >= 0.6 is 11.3 Å². The number of aryl methyl sites for hydroxylation is 1. The van der Waals surface area contributed by atoms with E-state index in [0.717, 1.165) is 26.1 Å². The third kappa shape index (κ3) is 2.20.